The number of anilines is 2. The second kappa shape index (κ2) is 5.53. The van der Waals surface area contributed by atoms with Crippen molar-refractivity contribution >= 4 is 11.6 Å². The average Bonchev–Trinajstić information content (AvgIpc) is 2.89. The van der Waals surface area contributed by atoms with E-state index in [9.17, 15) is 8.78 Å². The molecule has 7 heteroatoms. The number of nitrogens with zero attached hydrogens (tertiary/aromatic N) is 1. The van der Waals surface area contributed by atoms with Crippen molar-refractivity contribution in [3.05, 3.63) is 47.5 Å². The number of halogens is 2. The maximum Gasteiger partial charge on any atom is 0.178 e. The van der Waals surface area contributed by atoms with Gasteiger partial charge in [-0.05, 0) is 11.6 Å². The summed E-state index contributed by atoms with van der Waals surface area (Å²) < 4.78 is 32.6. The molecule has 1 aromatic carbocycles. The van der Waals surface area contributed by atoms with Gasteiger partial charge in [0.2, 0.25) is 0 Å². The van der Waals surface area contributed by atoms with Crippen LogP contribution in [0, 0.1) is 11.6 Å². The number of hydrogen-bond donors (Lipinski definition) is 3. The van der Waals surface area contributed by atoms with Gasteiger partial charge in [0.25, 0.3) is 0 Å². The molecule has 1 aromatic heterocycles. The third-order valence-electron chi connectivity index (χ3n) is 3.28. The lowest BCUT2D eigenvalue weighted by Gasteiger charge is -2.13. The second-order valence-electron chi connectivity index (χ2n) is 4.73. The number of ether oxygens (including phenoxy) is 1. The molecule has 3 rings (SSSR count). The Labute approximate surface area is 120 Å². The van der Waals surface area contributed by atoms with Crippen LogP contribution in [0.4, 0.5) is 20.4 Å². The number of pyridine rings is 1. The Morgan fingerprint density at radius 2 is 2.00 bits per heavy atom. The molecule has 0 bridgehead atoms. The first-order valence-electron chi connectivity index (χ1n) is 6.48. The van der Waals surface area contributed by atoms with Crippen molar-refractivity contribution in [2.45, 2.75) is 12.5 Å². The van der Waals surface area contributed by atoms with Gasteiger partial charge in [-0.2, -0.15) is 0 Å². The van der Waals surface area contributed by atoms with Crippen LogP contribution in [0.3, 0.4) is 0 Å². The quantitative estimate of drug-likeness (QED) is 0.594. The maximum absolute atomic E-state index is 13.6. The highest BCUT2D eigenvalue weighted by atomic mass is 19.1. The van der Waals surface area contributed by atoms with E-state index in [1.807, 2.05) is 24.3 Å². The molecule has 2 heterocycles. The first-order valence-corrected chi connectivity index (χ1v) is 6.48. The SMILES string of the molecule is NNc1nc(NCC2Cc3ccccc3O2)c(F)cc1F. The summed E-state index contributed by atoms with van der Waals surface area (Å²) in [5.41, 5.74) is 3.19. The molecule has 0 saturated carbocycles. The molecule has 110 valence electrons. The smallest absolute Gasteiger partial charge is 0.178 e. The lowest BCUT2D eigenvalue weighted by atomic mass is 10.1. The molecule has 1 atom stereocenters. The fourth-order valence-corrected chi connectivity index (χ4v) is 2.27. The monoisotopic (exact) mass is 292 g/mol. The topological polar surface area (TPSA) is 72.2 Å². The predicted molar refractivity (Wildman–Crippen MR) is 75.0 cm³/mol. The van der Waals surface area contributed by atoms with Gasteiger partial charge >= 0.3 is 0 Å². The van der Waals surface area contributed by atoms with Crippen LogP contribution < -0.4 is 21.3 Å². The Balaban J connectivity index is 1.67. The average molecular weight is 292 g/mol. The summed E-state index contributed by atoms with van der Waals surface area (Å²) in [5.74, 6) is 4.05. The second-order valence-corrected chi connectivity index (χ2v) is 4.73. The van der Waals surface area contributed by atoms with Crippen LogP contribution in [0.25, 0.3) is 0 Å². The van der Waals surface area contributed by atoms with Crippen molar-refractivity contribution in [2.75, 3.05) is 17.3 Å². The molecule has 0 saturated heterocycles. The van der Waals surface area contributed by atoms with Crippen molar-refractivity contribution < 1.29 is 13.5 Å². The number of nitrogens with one attached hydrogen (secondary N) is 2. The van der Waals surface area contributed by atoms with E-state index in [2.05, 4.69) is 15.7 Å². The number of hydrogen-bond acceptors (Lipinski definition) is 5. The fourth-order valence-electron chi connectivity index (χ4n) is 2.27. The number of rotatable bonds is 4. The summed E-state index contributed by atoms with van der Waals surface area (Å²) in [6.45, 7) is 0.355. The maximum atomic E-state index is 13.6. The fraction of sp³-hybridized carbons (Fsp3) is 0.214. The molecule has 0 amide bonds. The van der Waals surface area contributed by atoms with Gasteiger partial charge in [-0.1, -0.05) is 18.2 Å². The minimum Gasteiger partial charge on any atom is -0.488 e. The highest BCUT2D eigenvalue weighted by Crippen LogP contribution is 2.28. The predicted octanol–water partition coefficient (Wildman–Crippen LogP) is 2.06. The molecule has 0 spiro atoms. The van der Waals surface area contributed by atoms with Crippen LogP contribution >= 0.6 is 0 Å². The number of benzene rings is 1. The van der Waals surface area contributed by atoms with E-state index >= 15 is 0 Å². The van der Waals surface area contributed by atoms with Gasteiger partial charge in [0.1, 0.15) is 11.9 Å². The van der Waals surface area contributed by atoms with E-state index < -0.39 is 11.6 Å². The van der Waals surface area contributed by atoms with Crippen molar-refractivity contribution in [2.24, 2.45) is 5.84 Å². The number of para-hydroxylation sites is 1. The highest BCUT2D eigenvalue weighted by Gasteiger charge is 2.22. The molecule has 5 nitrogen and oxygen atoms in total. The molecule has 1 aliphatic rings. The summed E-state index contributed by atoms with van der Waals surface area (Å²) >= 11 is 0. The van der Waals surface area contributed by atoms with Crippen LogP contribution in [0.2, 0.25) is 0 Å². The molecule has 0 fully saturated rings. The largest absolute Gasteiger partial charge is 0.488 e. The molecule has 2 aromatic rings. The lowest BCUT2D eigenvalue weighted by Crippen LogP contribution is -2.25. The van der Waals surface area contributed by atoms with Gasteiger partial charge in [-0.15, -0.1) is 0 Å². The normalized spacial score (nSPS) is 16.2. The Bertz CT molecular complexity index is 640. The van der Waals surface area contributed by atoms with Crippen LogP contribution in [-0.2, 0) is 6.42 Å². The Hall–Kier alpha value is -2.41. The van der Waals surface area contributed by atoms with Gasteiger partial charge in [-0.3, -0.25) is 0 Å². The van der Waals surface area contributed by atoms with E-state index in [1.54, 1.807) is 0 Å². The zero-order valence-electron chi connectivity index (χ0n) is 11.1. The van der Waals surface area contributed by atoms with Gasteiger partial charge < -0.3 is 15.5 Å². The van der Waals surface area contributed by atoms with Crippen LogP contribution in [0.5, 0.6) is 5.75 Å². The Morgan fingerprint density at radius 3 is 2.76 bits per heavy atom. The van der Waals surface area contributed by atoms with Gasteiger partial charge in [0, 0.05) is 12.5 Å². The third-order valence-corrected chi connectivity index (χ3v) is 3.28. The van der Waals surface area contributed by atoms with Crippen molar-refractivity contribution in [3.8, 4) is 5.75 Å². The minimum absolute atomic E-state index is 0.0658. The molecule has 21 heavy (non-hydrogen) atoms. The van der Waals surface area contributed by atoms with Gasteiger partial charge in [0.05, 0.1) is 6.54 Å². The molecule has 0 radical (unpaired) electrons. The van der Waals surface area contributed by atoms with Gasteiger partial charge in [0.15, 0.2) is 23.3 Å². The Morgan fingerprint density at radius 1 is 1.24 bits per heavy atom. The highest BCUT2D eigenvalue weighted by molar-refractivity contribution is 5.47. The number of aromatic nitrogens is 1. The van der Waals surface area contributed by atoms with E-state index in [0.717, 1.165) is 23.8 Å². The molecule has 4 N–H and O–H groups in total. The van der Waals surface area contributed by atoms with E-state index in [-0.39, 0.29) is 17.7 Å². The molecule has 1 aliphatic heterocycles. The number of nitrogen functional groups attached to an aromatic ring is 1. The summed E-state index contributed by atoms with van der Waals surface area (Å²) in [6, 6.07) is 8.45. The summed E-state index contributed by atoms with van der Waals surface area (Å²) in [7, 11) is 0. The van der Waals surface area contributed by atoms with Crippen LogP contribution in [-0.4, -0.2) is 17.6 Å². The number of nitrogens with two attached hydrogens (primary N) is 1. The standard InChI is InChI=1S/C14H14F2N4O/c15-10-6-11(16)14(20-17)19-13(10)18-7-9-5-8-3-1-2-4-12(8)21-9/h1-4,6,9H,5,7,17H2,(H2,18,19,20). The summed E-state index contributed by atoms with van der Waals surface area (Å²) in [5, 5.41) is 2.82. The van der Waals surface area contributed by atoms with Crippen molar-refractivity contribution in [1.29, 1.82) is 0 Å². The van der Waals surface area contributed by atoms with Gasteiger partial charge in [-0.25, -0.2) is 19.6 Å². The lowest BCUT2D eigenvalue weighted by molar-refractivity contribution is 0.246. The number of fused-ring (bicyclic) bond motifs is 1. The van der Waals surface area contributed by atoms with E-state index in [0.29, 0.717) is 6.54 Å². The third kappa shape index (κ3) is 2.73. The first-order chi connectivity index (χ1) is 10.2. The molecular formula is C14H14F2N4O. The zero-order chi connectivity index (χ0) is 14.8. The van der Waals surface area contributed by atoms with Crippen LogP contribution in [0.1, 0.15) is 5.56 Å². The minimum atomic E-state index is -0.843. The molecule has 0 aliphatic carbocycles. The van der Waals surface area contributed by atoms with E-state index in [1.165, 1.54) is 0 Å². The van der Waals surface area contributed by atoms with Crippen molar-refractivity contribution in [1.82, 2.24) is 4.98 Å². The van der Waals surface area contributed by atoms with Crippen molar-refractivity contribution in [3.63, 3.8) is 0 Å². The number of hydrazine groups is 1. The zero-order valence-corrected chi connectivity index (χ0v) is 11.1. The molecular weight excluding hydrogens is 278 g/mol. The molecule has 1 unspecified atom stereocenters. The Kier molecular flexibility index (Phi) is 3.57. The van der Waals surface area contributed by atoms with E-state index in [4.69, 9.17) is 10.6 Å². The first kappa shape index (κ1) is 13.6. The summed E-state index contributed by atoms with van der Waals surface area (Å²) in [4.78, 5) is 3.75. The van der Waals surface area contributed by atoms with Crippen LogP contribution in [0.15, 0.2) is 30.3 Å². The summed E-state index contributed by atoms with van der Waals surface area (Å²) in [6.07, 6.45) is 0.608.